The molecule has 0 bridgehead atoms. The minimum atomic E-state index is 0.0550. The van der Waals surface area contributed by atoms with Crippen molar-refractivity contribution in [2.45, 2.75) is 39.0 Å². The van der Waals surface area contributed by atoms with Gasteiger partial charge in [-0.3, -0.25) is 4.68 Å². The van der Waals surface area contributed by atoms with Gasteiger partial charge in [0.05, 0.1) is 12.3 Å². The van der Waals surface area contributed by atoms with Gasteiger partial charge in [0, 0.05) is 24.6 Å². The summed E-state index contributed by atoms with van der Waals surface area (Å²) in [6, 6.07) is 0. The van der Waals surface area contributed by atoms with Crippen molar-refractivity contribution in [1.82, 2.24) is 9.78 Å². The minimum Gasteiger partial charge on any atom is -0.304 e. The molecule has 0 radical (unpaired) electrons. The first kappa shape index (κ1) is 12.2. The van der Waals surface area contributed by atoms with E-state index in [0.29, 0.717) is 6.61 Å². The van der Waals surface area contributed by atoms with Gasteiger partial charge in [0.2, 0.25) is 0 Å². The fourth-order valence-electron chi connectivity index (χ4n) is 1.68. The molecule has 1 unspecified atom stereocenters. The highest BCUT2D eigenvalue weighted by molar-refractivity contribution is 5.27. The van der Waals surface area contributed by atoms with Gasteiger partial charge in [-0.05, 0) is 5.56 Å². The molecule has 0 aliphatic carbocycles. The Morgan fingerprint density at radius 3 is 2.60 bits per heavy atom. The van der Waals surface area contributed by atoms with E-state index in [9.17, 15) is 0 Å². The highest BCUT2D eigenvalue weighted by Gasteiger charge is 2.24. The first-order valence-electron chi connectivity index (χ1n) is 5.22. The molecule has 1 aromatic heterocycles. The second-order valence-electron chi connectivity index (χ2n) is 5.09. The van der Waals surface area contributed by atoms with Crippen molar-refractivity contribution in [3.05, 3.63) is 17.5 Å². The van der Waals surface area contributed by atoms with Crippen molar-refractivity contribution < 1.29 is 4.84 Å². The monoisotopic (exact) mass is 211 g/mol. The average molecular weight is 211 g/mol. The minimum absolute atomic E-state index is 0.0550. The zero-order valence-corrected chi connectivity index (χ0v) is 10.2. The molecular weight excluding hydrogens is 190 g/mol. The second-order valence-corrected chi connectivity index (χ2v) is 5.09. The van der Waals surface area contributed by atoms with Crippen LogP contribution in [0.3, 0.4) is 0 Å². The Balaban J connectivity index is 3.06. The van der Waals surface area contributed by atoms with E-state index in [4.69, 9.17) is 10.7 Å². The van der Waals surface area contributed by atoms with Crippen LogP contribution in [0.25, 0.3) is 0 Å². The van der Waals surface area contributed by atoms with E-state index in [-0.39, 0.29) is 11.3 Å². The molecule has 0 saturated carbocycles. The van der Waals surface area contributed by atoms with Gasteiger partial charge in [-0.1, -0.05) is 27.7 Å². The molecule has 0 amide bonds. The molecule has 15 heavy (non-hydrogen) atoms. The Morgan fingerprint density at radius 2 is 2.13 bits per heavy atom. The van der Waals surface area contributed by atoms with E-state index in [2.05, 4.69) is 32.8 Å². The van der Waals surface area contributed by atoms with E-state index in [1.54, 1.807) is 0 Å². The van der Waals surface area contributed by atoms with Crippen LogP contribution in [0, 0.1) is 0 Å². The van der Waals surface area contributed by atoms with E-state index >= 15 is 0 Å². The Kier molecular flexibility index (Phi) is 3.52. The Hall–Kier alpha value is -0.870. The lowest BCUT2D eigenvalue weighted by molar-refractivity contribution is 0.126. The number of rotatable bonds is 3. The average Bonchev–Trinajstić information content (AvgIpc) is 2.47. The number of hydrogen-bond acceptors (Lipinski definition) is 3. The largest absolute Gasteiger partial charge is 0.304 e. The van der Waals surface area contributed by atoms with E-state index in [0.717, 1.165) is 5.69 Å². The van der Waals surface area contributed by atoms with Gasteiger partial charge < -0.3 is 4.84 Å². The van der Waals surface area contributed by atoms with Crippen LogP contribution in [0.15, 0.2) is 6.20 Å². The molecule has 1 atom stereocenters. The molecule has 1 aromatic rings. The van der Waals surface area contributed by atoms with Crippen molar-refractivity contribution in [2.75, 3.05) is 6.61 Å². The van der Waals surface area contributed by atoms with Gasteiger partial charge in [-0.25, -0.2) is 5.90 Å². The Bertz CT molecular complexity index is 325. The van der Waals surface area contributed by atoms with Crippen LogP contribution in [0.4, 0.5) is 0 Å². The van der Waals surface area contributed by atoms with Crippen LogP contribution < -0.4 is 5.90 Å². The van der Waals surface area contributed by atoms with Crippen LogP contribution >= 0.6 is 0 Å². The number of nitrogens with two attached hydrogens (primary N) is 1. The van der Waals surface area contributed by atoms with Gasteiger partial charge >= 0.3 is 0 Å². The Labute approximate surface area is 91.4 Å². The van der Waals surface area contributed by atoms with E-state index in [1.807, 2.05) is 17.9 Å². The predicted octanol–water partition coefficient (Wildman–Crippen LogP) is 1.71. The second kappa shape index (κ2) is 4.33. The summed E-state index contributed by atoms with van der Waals surface area (Å²) >= 11 is 0. The first-order valence-corrected chi connectivity index (χ1v) is 5.22. The maximum atomic E-state index is 5.11. The third kappa shape index (κ3) is 2.79. The smallest absolute Gasteiger partial charge is 0.0746 e. The molecule has 1 heterocycles. The molecule has 0 aromatic carbocycles. The molecule has 1 rings (SSSR count). The fourth-order valence-corrected chi connectivity index (χ4v) is 1.68. The van der Waals surface area contributed by atoms with Gasteiger partial charge in [0.15, 0.2) is 0 Å². The number of aromatic nitrogens is 2. The summed E-state index contributed by atoms with van der Waals surface area (Å²) in [5.41, 5.74) is 2.39. The summed E-state index contributed by atoms with van der Waals surface area (Å²) in [5.74, 6) is 5.38. The van der Waals surface area contributed by atoms with Crippen LogP contribution in [0.2, 0.25) is 0 Å². The number of nitrogens with zero attached hydrogens (tertiary/aromatic N) is 2. The molecule has 0 aliphatic rings. The van der Waals surface area contributed by atoms with Crippen molar-refractivity contribution in [1.29, 1.82) is 0 Å². The third-order valence-electron chi connectivity index (χ3n) is 2.44. The van der Waals surface area contributed by atoms with E-state index in [1.165, 1.54) is 5.56 Å². The maximum absolute atomic E-state index is 5.11. The predicted molar refractivity (Wildman–Crippen MR) is 60.5 cm³/mol. The molecule has 4 nitrogen and oxygen atoms in total. The van der Waals surface area contributed by atoms with Crippen molar-refractivity contribution in [3.63, 3.8) is 0 Å². The quantitative estimate of drug-likeness (QED) is 0.774. The van der Waals surface area contributed by atoms with Gasteiger partial charge in [0.25, 0.3) is 0 Å². The van der Waals surface area contributed by atoms with Crippen LogP contribution in [-0.4, -0.2) is 16.4 Å². The molecule has 2 N–H and O–H groups in total. The molecule has 0 saturated heterocycles. The molecule has 0 spiro atoms. The Morgan fingerprint density at radius 1 is 1.53 bits per heavy atom. The summed E-state index contributed by atoms with van der Waals surface area (Å²) in [6.07, 6.45) is 2.05. The van der Waals surface area contributed by atoms with Gasteiger partial charge in [0.1, 0.15) is 0 Å². The summed E-state index contributed by atoms with van der Waals surface area (Å²) in [5, 5.41) is 4.51. The standard InChI is InChI=1S/C11H21N3O/c1-8(7-15-12)9-6-14(5)13-10(9)11(2,3)4/h6,8H,7,12H2,1-5H3. The first-order chi connectivity index (χ1) is 6.86. The van der Waals surface area contributed by atoms with Crippen LogP contribution in [0.1, 0.15) is 44.9 Å². The summed E-state index contributed by atoms with van der Waals surface area (Å²) < 4.78 is 1.85. The maximum Gasteiger partial charge on any atom is 0.0746 e. The molecule has 0 fully saturated rings. The van der Waals surface area contributed by atoms with E-state index < -0.39 is 0 Å². The summed E-state index contributed by atoms with van der Waals surface area (Å²) in [6.45, 7) is 9.10. The zero-order valence-electron chi connectivity index (χ0n) is 10.2. The van der Waals surface area contributed by atoms with Crippen molar-refractivity contribution in [3.8, 4) is 0 Å². The number of aryl methyl sites for hydroxylation is 1. The van der Waals surface area contributed by atoms with Gasteiger partial charge in [-0.15, -0.1) is 0 Å². The van der Waals surface area contributed by atoms with Crippen LogP contribution in [-0.2, 0) is 17.3 Å². The SMILES string of the molecule is CC(CON)c1cn(C)nc1C(C)(C)C. The lowest BCUT2D eigenvalue weighted by Crippen LogP contribution is -2.17. The molecule has 0 aliphatic heterocycles. The fraction of sp³-hybridized carbons (Fsp3) is 0.727. The third-order valence-corrected chi connectivity index (χ3v) is 2.44. The van der Waals surface area contributed by atoms with Gasteiger partial charge in [-0.2, -0.15) is 5.10 Å². The summed E-state index contributed by atoms with van der Waals surface area (Å²) in [7, 11) is 1.94. The highest BCUT2D eigenvalue weighted by Crippen LogP contribution is 2.29. The molecule has 86 valence electrons. The normalized spacial score (nSPS) is 14.3. The lowest BCUT2D eigenvalue weighted by Gasteiger charge is -2.19. The van der Waals surface area contributed by atoms with Crippen molar-refractivity contribution in [2.24, 2.45) is 12.9 Å². The molecular formula is C11H21N3O. The molecule has 4 heteroatoms. The number of hydrogen-bond donors (Lipinski definition) is 1. The zero-order chi connectivity index (χ0) is 11.6. The lowest BCUT2D eigenvalue weighted by atomic mass is 9.86. The van der Waals surface area contributed by atoms with Crippen molar-refractivity contribution >= 4 is 0 Å². The van der Waals surface area contributed by atoms with Crippen LogP contribution in [0.5, 0.6) is 0 Å². The highest BCUT2D eigenvalue weighted by atomic mass is 16.6. The topological polar surface area (TPSA) is 53.1 Å². The summed E-state index contributed by atoms with van der Waals surface area (Å²) in [4.78, 5) is 4.70.